The molecule has 0 spiro atoms. The smallest absolute Gasteiger partial charge is 0.336 e. The molecular weight excluding hydrogens is 316 g/mol. The first-order valence-electron chi connectivity index (χ1n) is 6.08. The number of hydrogen-bond acceptors (Lipinski definition) is 5. The van der Waals surface area contributed by atoms with Crippen molar-refractivity contribution in [2.45, 2.75) is 43.5 Å². The fourth-order valence-electron chi connectivity index (χ4n) is 1.39. The van der Waals surface area contributed by atoms with Crippen LogP contribution in [0.2, 0.25) is 0 Å². The van der Waals surface area contributed by atoms with E-state index in [9.17, 15) is 18.0 Å². The zero-order chi connectivity index (χ0) is 16.4. The van der Waals surface area contributed by atoms with Crippen LogP contribution in [-0.2, 0) is 14.8 Å². The second-order valence-corrected chi connectivity index (χ2v) is 8.39. The second kappa shape index (κ2) is 6.12. The number of sulfonamides is 1. The van der Waals surface area contributed by atoms with Gasteiger partial charge < -0.3 is 10.4 Å². The van der Waals surface area contributed by atoms with Crippen LogP contribution in [0.5, 0.6) is 0 Å². The Hall–Kier alpha value is -1.45. The lowest BCUT2D eigenvalue weighted by Crippen LogP contribution is -2.50. The molecule has 3 N–H and O–H groups in total. The van der Waals surface area contributed by atoms with E-state index < -0.39 is 33.5 Å². The Balaban J connectivity index is 2.84. The predicted octanol–water partition coefficient (Wildman–Crippen LogP) is 1.03. The van der Waals surface area contributed by atoms with Crippen molar-refractivity contribution >= 4 is 33.2 Å². The van der Waals surface area contributed by atoms with Gasteiger partial charge in [-0.15, -0.1) is 11.3 Å². The molecule has 1 amide bonds. The number of nitrogens with one attached hydrogen (secondary N) is 2. The van der Waals surface area contributed by atoms with Gasteiger partial charge in [-0.1, -0.05) is 0 Å². The molecule has 0 fully saturated rings. The van der Waals surface area contributed by atoms with Crippen LogP contribution in [0, 0.1) is 0 Å². The van der Waals surface area contributed by atoms with E-state index in [0.29, 0.717) is 0 Å². The summed E-state index contributed by atoms with van der Waals surface area (Å²) in [5, 5.41) is 12.7. The highest BCUT2D eigenvalue weighted by Crippen LogP contribution is 2.20. The molecule has 118 valence electrons. The van der Waals surface area contributed by atoms with Crippen LogP contribution in [-0.4, -0.2) is 37.0 Å². The van der Waals surface area contributed by atoms with Gasteiger partial charge in [0, 0.05) is 10.9 Å². The van der Waals surface area contributed by atoms with E-state index in [-0.39, 0.29) is 9.77 Å². The number of hydrogen-bond donors (Lipinski definition) is 3. The third-order valence-corrected chi connectivity index (χ3v) is 5.29. The van der Waals surface area contributed by atoms with Crippen LogP contribution in [0.4, 0.5) is 0 Å². The van der Waals surface area contributed by atoms with Crippen LogP contribution >= 0.6 is 11.3 Å². The molecule has 1 atom stereocenters. The maximum Gasteiger partial charge on any atom is 0.336 e. The first-order chi connectivity index (χ1) is 9.42. The summed E-state index contributed by atoms with van der Waals surface area (Å²) in [4.78, 5) is 22.6. The molecule has 1 rings (SSSR count). The van der Waals surface area contributed by atoms with E-state index in [0.717, 1.165) is 17.4 Å². The van der Waals surface area contributed by atoms with Gasteiger partial charge in [0.05, 0.1) is 11.6 Å². The molecule has 1 aromatic heterocycles. The molecule has 0 aliphatic heterocycles. The summed E-state index contributed by atoms with van der Waals surface area (Å²) in [5.74, 6) is -1.66. The second-order valence-electron chi connectivity index (χ2n) is 5.54. The first-order valence-corrected chi connectivity index (χ1v) is 8.45. The van der Waals surface area contributed by atoms with E-state index in [1.807, 2.05) is 0 Å². The fourth-order valence-corrected chi connectivity index (χ4v) is 3.76. The molecule has 21 heavy (non-hydrogen) atoms. The van der Waals surface area contributed by atoms with E-state index in [1.165, 1.54) is 12.3 Å². The number of rotatable bonds is 5. The molecule has 0 aromatic carbocycles. The Morgan fingerprint density at radius 1 is 1.33 bits per heavy atom. The summed E-state index contributed by atoms with van der Waals surface area (Å²) in [7, 11) is -3.93. The number of thiophene rings is 1. The summed E-state index contributed by atoms with van der Waals surface area (Å²) < 4.78 is 26.2. The molecule has 0 bridgehead atoms. The SMILES string of the molecule is CC(NS(=O)(=O)c1cc(C(=O)O)cs1)C(=O)NC(C)(C)C. The van der Waals surface area contributed by atoms with Gasteiger partial charge in [-0.3, -0.25) is 4.79 Å². The molecule has 0 aliphatic rings. The number of carbonyl (C=O) groups excluding carboxylic acids is 1. The summed E-state index contributed by atoms with van der Waals surface area (Å²) in [5.41, 5.74) is -0.580. The first kappa shape index (κ1) is 17.6. The van der Waals surface area contributed by atoms with Crippen LogP contribution in [0.25, 0.3) is 0 Å². The maximum absolute atomic E-state index is 12.1. The van der Waals surface area contributed by atoms with Crippen molar-refractivity contribution in [3.8, 4) is 0 Å². The van der Waals surface area contributed by atoms with E-state index in [1.54, 1.807) is 20.8 Å². The standard InChI is InChI=1S/C12H18N2O5S2/c1-7(10(15)13-12(2,3)4)14-21(18,19)9-5-8(6-20-9)11(16)17/h5-7,14H,1-4H3,(H,13,15)(H,16,17). The Labute approximate surface area is 127 Å². The lowest BCUT2D eigenvalue weighted by Gasteiger charge is -2.23. The molecule has 1 unspecified atom stereocenters. The topological polar surface area (TPSA) is 113 Å². The average molecular weight is 334 g/mol. The molecular formula is C12H18N2O5S2. The third-order valence-electron chi connectivity index (χ3n) is 2.31. The predicted molar refractivity (Wildman–Crippen MR) is 79.0 cm³/mol. The summed E-state index contributed by atoms with van der Waals surface area (Å²) >= 11 is 0.789. The van der Waals surface area contributed by atoms with Crippen molar-refractivity contribution in [2.24, 2.45) is 0 Å². The van der Waals surface area contributed by atoms with E-state index in [4.69, 9.17) is 5.11 Å². The lowest BCUT2D eigenvalue weighted by molar-refractivity contribution is -0.123. The summed E-state index contributed by atoms with van der Waals surface area (Å²) in [6, 6.07) is 0.0913. The number of amides is 1. The van der Waals surface area contributed by atoms with Crippen molar-refractivity contribution < 1.29 is 23.1 Å². The van der Waals surface area contributed by atoms with E-state index in [2.05, 4.69) is 10.0 Å². The highest BCUT2D eigenvalue weighted by atomic mass is 32.2. The van der Waals surface area contributed by atoms with Crippen LogP contribution < -0.4 is 10.0 Å². The van der Waals surface area contributed by atoms with Crippen LogP contribution in [0.3, 0.4) is 0 Å². The minimum absolute atomic E-state index is 0.104. The Kier molecular flexibility index (Phi) is 5.13. The molecule has 7 nitrogen and oxygen atoms in total. The van der Waals surface area contributed by atoms with Crippen LogP contribution in [0.15, 0.2) is 15.7 Å². The van der Waals surface area contributed by atoms with Gasteiger partial charge in [-0.25, -0.2) is 13.2 Å². The van der Waals surface area contributed by atoms with E-state index >= 15 is 0 Å². The van der Waals surface area contributed by atoms with Crippen molar-refractivity contribution in [1.82, 2.24) is 10.0 Å². The van der Waals surface area contributed by atoms with Gasteiger partial charge in [0.25, 0.3) is 10.0 Å². The Morgan fingerprint density at radius 2 is 1.90 bits per heavy atom. The number of carbonyl (C=O) groups is 2. The molecule has 1 aromatic rings. The minimum atomic E-state index is -3.93. The Bertz CT molecular complexity index is 643. The van der Waals surface area contributed by atoms with Gasteiger partial charge in [-0.05, 0) is 33.8 Å². The monoisotopic (exact) mass is 334 g/mol. The minimum Gasteiger partial charge on any atom is -0.478 e. The molecule has 0 aliphatic carbocycles. The lowest BCUT2D eigenvalue weighted by atomic mass is 10.1. The van der Waals surface area contributed by atoms with Gasteiger partial charge in [-0.2, -0.15) is 4.72 Å². The zero-order valence-electron chi connectivity index (χ0n) is 12.1. The zero-order valence-corrected chi connectivity index (χ0v) is 13.8. The Morgan fingerprint density at radius 3 is 2.33 bits per heavy atom. The van der Waals surface area contributed by atoms with Gasteiger partial charge in [0.15, 0.2) is 0 Å². The molecule has 0 radical (unpaired) electrons. The number of carboxylic acid groups (broad SMARTS) is 1. The largest absolute Gasteiger partial charge is 0.478 e. The normalized spacial score (nSPS) is 13.7. The average Bonchev–Trinajstić information content (AvgIpc) is 2.75. The molecule has 9 heteroatoms. The highest BCUT2D eigenvalue weighted by molar-refractivity contribution is 7.91. The van der Waals surface area contributed by atoms with Crippen molar-refractivity contribution in [2.75, 3.05) is 0 Å². The summed E-state index contributed by atoms with van der Waals surface area (Å²) in [6.07, 6.45) is 0. The number of carboxylic acids is 1. The van der Waals surface area contributed by atoms with Crippen molar-refractivity contribution in [3.63, 3.8) is 0 Å². The van der Waals surface area contributed by atoms with Gasteiger partial charge in [0.1, 0.15) is 4.21 Å². The molecule has 0 saturated heterocycles. The molecule has 1 heterocycles. The fraction of sp³-hybridized carbons (Fsp3) is 0.500. The highest BCUT2D eigenvalue weighted by Gasteiger charge is 2.26. The quantitative estimate of drug-likeness (QED) is 0.744. The van der Waals surface area contributed by atoms with Gasteiger partial charge >= 0.3 is 5.97 Å². The van der Waals surface area contributed by atoms with Crippen molar-refractivity contribution in [3.05, 3.63) is 17.0 Å². The number of aromatic carboxylic acids is 1. The molecule has 0 saturated carbocycles. The maximum atomic E-state index is 12.1. The van der Waals surface area contributed by atoms with Crippen LogP contribution in [0.1, 0.15) is 38.1 Å². The third kappa shape index (κ3) is 5.10. The summed E-state index contributed by atoms with van der Waals surface area (Å²) in [6.45, 7) is 6.77. The van der Waals surface area contributed by atoms with Crippen molar-refractivity contribution in [1.29, 1.82) is 0 Å². The van der Waals surface area contributed by atoms with Gasteiger partial charge in [0.2, 0.25) is 5.91 Å².